The minimum absolute atomic E-state index is 0. The molecule has 6 rings (SSSR count). The first-order valence-electron chi connectivity index (χ1n) is 10.1. The van der Waals surface area contributed by atoms with Crippen LogP contribution < -0.4 is 4.90 Å². The van der Waals surface area contributed by atoms with Gasteiger partial charge < -0.3 is 14.4 Å². The van der Waals surface area contributed by atoms with Crippen molar-refractivity contribution < 1.29 is 4.79 Å². The summed E-state index contributed by atoms with van der Waals surface area (Å²) in [5.74, 6) is 4.23. The molecule has 4 aliphatic carbocycles. The minimum Gasteiger partial charge on any atom is -0.339 e. The zero-order valence-corrected chi connectivity index (χ0v) is 16.6. The second-order valence-corrected chi connectivity index (χ2v) is 9.30. The zero-order valence-electron chi connectivity index (χ0n) is 15.8. The summed E-state index contributed by atoms with van der Waals surface area (Å²) in [5, 5.41) is 0. The van der Waals surface area contributed by atoms with E-state index in [1.165, 1.54) is 38.5 Å². The molecule has 1 saturated heterocycles. The van der Waals surface area contributed by atoms with Gasteiger partial charge in [-0.3, -0.25) is 4.79 Å². The molecule has 4 bridgehead atoms. The largest absolute Gasteiger partial charge is 0.339 e. The van der Waals surface area contributed by atoms with Crippen LogP contribution >= 0.6 is 12.4 Å². The fourth-order valence-electron chi connectivity index (χ4n) is 6.76. The predicted molar refractivity (Wildman–Crippen MR) is 104 cm³/mol. The van der Waals surface area contributed by atoms with Crippen LogP contribution in [0.5, 0.6) is 0 Å². The lowest BCUT2D eigenvalue weighted by atomic mass is 9.49. The Bertz CT molecular complexity index is 629. The molecule has 1 amide bonds. The molecule has 0 unspecified atom stereocenters. The Balaban J connectivity index is 0.00000168. The zero-order chi connectivity index (χ0) is 17.0. The molecule has 26 heavy (non-hydrogen) atoms. The van der Waals surface area contributed by atoms with E-state index in [-0.39, 0.29) is 12.4 Å². The van der Waals surface area contributed by atoms with Gasteiger partial charge in [0.15, 0.2) is 0 Å². The number of imidazole rings is 1. The van der Waals surface area contributed by atoms with Gasteiger partial charge in [-0.1, -0.05) is 0 Å². The number of nitrogens with zero attached hydrogens (tertiary/aromatic N) is 4. The summed E-state index contributed by atoms with van der Waals surface area (Å²) >= 11 is 0. The number of aryl methyl sites for hydroxylation is 1. The molecule has 144 valence electrons. The smallest absolute Gasteiger partial charge is 0.223 e. The van der Waals surface area contributed by atoms with Gasteiger partial charge in [0.05, 0.1) is 0 Å². The summed E-state index contributed by atoms with van der Waals surface area (Å²) in [4.78, 5) is 21.9. The molecule has 5 aliphatic rings. The first kappa shape index (κ1) is 18.1. The number of anilines is 1. The highest BCUT2D eigenvalue weighted by molar-refractivity contribution is 5.85. The fourth-order valence-corrected chi connectivity index (χ4v) is 6.76. The third-order valence-corrected chi connectivity index (χ3v) is 7.40. The average Bonchev–Trinajstić information content (AvgIpc) is 2.99. The van der Waals surface area contributed by atoms with Gasteiger partial charge >= 0.3 is 0 Å². The van der Waals surface area contributed by atoms with Crippen LogP contribution in [-0.4, -0.2) is 46.5 Å². The molecule has 2 heterocycles. The molecule has 1 aromatic rings. The molecule has 1 aromatic heterocycles. The van der Waals surface area contributed by atoms with E-state index in [1.54, 1.807) is 0 Å². The second-order valence-electron chi connectivity index (χ2n) is 9.30. The van der Waals surface area contributed by atoms with Crippen LogP contribution in [0.3, 0.4) is 0 Å². The van der Waals surface area contributed by atoms with Gasteiger partial charge in [-0.05, 0) is 61.7 Å². The number of carbonyl (C=O) groups is 1. The molecule has 5 nitrogen and oxygen atoms in total. The summed E-state index contributed by atoms with van der Waals surface area (Å²) in [6.07, 6.45) is 13.0. The van der Waals surface area contributed by atoms with E-state index in [2.05, 4.69) is 19.4 Å². The summed E-state index contributed by atoms with van der Waals surface area (Å²) in [6.45, 7) is 3.49. The van der Waals surface area contributed by atoms with Crippen molar-refractivity contribution in [3.05, 3.63) is 12.4 Å². The van der Waals surface area contributed by atoms with Crippen LogP contribution in [0.2, 0.25) is 0 Å². The first-order chi connectivity index (χ1) is 12.1. The molecule has 1 aliphatic heterocycles. The molecule has 0 aromatic carbocycles. The van der Waals surface area contributed by atoms with E-state index in [9.17, 15) is 4.79 Å². The Morgan fingerprint density at radius 3 is 2.15 bits per heavy atom. The van der Waals surface area contributed by atoms with E-state index >= 15 is 0 Å². The molecule has 5 fully saturated rings. The van der Waals surface area contributed by atoms with Crippen molar-refractivity contribution in [3.63, 3.8) is 0 Å². The SMILES string of the molecule is Cl.Cn1ccnc1N1CCN(C(=O)CC23CC4CC(CC(C4)C2)C3)CC1. The van der Waals surface area contributed by atoms with Crippen molar-refractivity contribution in [3.8, 4) is 0 Å². The monoisotopic (exact) mass is 378 g/mol. The Morgan fingerprint density at radius 1 is 1.08 bits per heavy atom. The standard InChI is InChI=1S/C20H30N4O.ClH/c1-22-3-2-21-19(22)24-6-4-23(5-7-24)18(25)14-20-11-15-8-16(12-20)10-17(9-15)13-20;/h2-3,15-17H,4-14H2,1H3;1H. The van der Waals surface area contributed by atoms with Crippen LogP contribution in [0.4, 0.5) is 5.95 Å². The van der Waals surface area contributed by atoms with Crippen LogP contribution in [0, 0.1) is 23.2 Å². The third-order valence-electron chi connectivity index (χ3n) is 7.40. The summed E-state index contributed by atoms with van der Waals surface area (Å²) in [7, 11) is 2.03. The lowest BCUT2D eigenvalue weighted by molar-refractivity contribution is -0.139. The molecule has 0 spiro atoms. The highest BCUT2D eigenvalue weighted by Crippen LogP contribution is 2.61. The molecule has 6 heteroatoms. The highest BCUT2D eigenvalue weighted by Gasteiger charge is 2.51. The number of hydrogen-bond donors (Lipinski definition) is 0. The number of hydrogen-bond acceptors (Lipinski definition) is 3. The van der Waals surface area contributed by atoms with Crippen molar-refractivity contribution in [2.24, 2.45) is 30.2 Å². The van der Waals surface area contributed by atoms with E-state index in [0.29, 0.717) is 11.3 Å². The summed E-state index contributed by atoms with van der Waals surface area (Å²) in [5.41, 5.74) is 0.364. The molecule has 0 radical (unpaired) electrons. The Hall–Kier alpha value is -1.23. The van der Waals surface area contributed by atoms with Gasteiger partial charge in [0.2, 0.25) is 11.9 Å². The van der Waals surface area contributed by atoms with Crippen LogP contribution in [0.25, 0.3) is 0 Å². The van der Waals surface area contributed by atoms with Crippen molar-refractivity contribution in [2.75, 3.05) is 31.1 Å². The Kier molecular flexibility index (Phi) is 4.70. The quantitative estimate of drug-likeness (QED) is 0.811. The maximum absolute atomic E-state index is 13.0. The number of piperazine rings is 1. The average molecular weight is 379 g/mol. The number of rotatable bonds is 3. The topological polar surface area (TPSA) is 41.4 Å². The molecule has 0 atom stereocenters. The van der Waals surface area contributed by atoms with Crippen LogP contribution in [0.15, 0.2) is 12.4 Å². The van der Waals surface area contributed by atoms with Crippen molar-refractivity contribution >= 4 is 24.3 Å². The lowest BCUT2D eigenvalue weighted by Gasteiger charge is -2.57. The maximum Gasteiger partial charge on any atom is 0.223 e. The van der Waals surface area contributed by atoms with E-state index in [4.69, 9.17) is 0 Å². The van der Waals surface area contributed by atoms with Gasteiger partial charge in [-0.2, -0.15) is 0 Å². The fraction of sp³-hybridized carbons (Fsp3) is 0.800. The number of aromatic nitrogens is 2. The third kappa shape index (κ3) is 3.12. The first-order valence-corrected chi connectivity index (χ1v) is 10.1. The van der Waals surface area contributed by atoms with Gasteiger partial charge in [-0.15, -0.1) is 12.4 Å². The molecule has 0 N–H and O–H groups in total. The van der Waals surface area contributed by atoms with E-state index < -0.39 is 0 Å². The number of halogens is 1. The maximum atomic E-state index is 13.0. The van der Waals surface area contributed by atoms with Gasteiger partial charge in [0, 0.05) is 52.0 Å². The van der Waals surface area contributed by atoms with E-state index in [0.717, 1.165) is 56.3 Å². The predicted octanol–water partition coefficient (Wildman–Crippen LogP) is 3.10. The van der Waals surface area contributed by atoms with Crippen LogP contribution in [-0.2, 0) is 11.8 Å². The normalized spacial score (nSPS) is 35.5. The van der Waals surface area contributed by atoms with Gasteiger partial charge in [0.25, 0.3) is 0 Å². The van der Waals surface area contributed by atoms with Crippen molar-refractivity contribution in [2.45, 2.75) is 44.9 Å². The van der Waals surface area contributed by atoms with Crippen LogP contribution in [0.1, 0.15) is 44.9 Å². The summed E-state index contributed by atoms with van der Waals surface area (Å²) in [6, 6.07) is 0. The number of carbonyl (C=O) groups excluding carboxylic acids is 1. The lowest BCUT2D eigenvalue weighted by Crippen LogP contribution is -2.52. The highest BCUT2D eigenvalue weighted by atomic mass is 35.5. The molecular weight excluding hydrogens is 348 g/mol. The number of amides is 1. The van der Waals surface area contributed by atoms with Gasteiger partial charge in [0.1, 0.15) is 0 Å². The van der Waals surface area contributed by atoms with E-state index in [1.807, 2.05) is 19.4 Å². The van der Waals surface area contributed by atoms with Crippen molar-refractivity contribution in [1.82, 2.24) is 14.5 Å². The Labute approximate surface area is 162 Å². The Morgan fingerprint density at radius 2 is 1.65 bits per heavy atom. The molecule has 4 saturated carbocycles. The summed E-state index contributed by atoms with van der Waals surface area (Å²) < 4.78 is 2.06. The second kappa shape index (κ2) is 6.74. The minimum atomic E-state index is 0. The van der Waals surface area contributed by atoms with Crippen molar-refractivity contribution in [1.29, 1.82) is 0 Å². The molecular formula is C20H31ClN4O. The van der Waals surface area contributed by atoms with Gasteiger partial charge in [-0.25, -0.2) is 4.98 Å².